The van der Waals surface area contributed by atoms with E-state index in [0.717, 1.165) is 42.9 Å². The largest absolute Gasteiger partial charge is 0.373 e. The van der Waals surface area contributed by atoms with E-state index in [1.165, 1.54) is 5.56 Å². The Balaban J connectivity index is 1.43. The van der Waals surface area contributed by atoms with Crippen LogP contribution in [0.15, 0.2) is 60.8 Å². The van der Waals surface area contributed by atoms with Crippen molar-refractivity contribution in [3.63, 3.8) is 0 Å². The minimum atomic E-state index is -0.0754. The Labute approximate surface area is 196 Å². The van der Waals surface area contributed by atoms with E-state index in [1.807, 2.05) is 41.2 Å². The van der Waals surface area contributed by atoms with Crippen molar-refractivity contribution in [2.75, 3.05) is 26.2 Å². The molecule has 0 saturated carbocycles. The standard InChI is InChI=1S/C27H34N4O2/c1-20-10-12-24(13-11-20)26-25(19-31(29-26)18-23-8-5-4-6-9-23)27(32)28-14-7-15-30-16-21(2)33-22(3)17-30/h4-6,8-13,19,21-22H,7,14-18H2,1-3H3,(H,28,32). The first kappa shape index (κ1) is 23.2. The fourth-order valence-electron chi connectivity index (χ4n) is 4.43. The minimum absolute atomic E-state index is 0.0754. The van der Waals surface area contributed by atoms with Gasteiger partial charge in [-0.2, -0.15) is 5.10 Å². The number of aromatic nitrogens is 2. The molecule has 3 aromatic rings. The molecule has 1 aromatic heterocycles. The van der Waals surface area contributed by atoms with Gasteiger partial charge in [-0.1, -0.05) is 60.2 Å². The molecule has 2 unspecified atom stereocenters. The third-order valence-electron chi connectivity index (χ3n) is 5.95. The molecule has 0 aliphatic carbocycles. The van der Waals surface area contributed by atoms with Gasteiger partial charge in [-0.25, -0.2) is 0 Å². The van der Waals surface area contributed by atoms with Gasteiger partial charge in [0.2, 0.25) is 0 Å². The molecule has 33 heavy (non-hydrogen) atoms. The maximum absolute atomic E-state index is 13.1. The average molecular weight is 447 g/mol. The number of ether oxygens (including phenoxy) is 1. The zero-order valence-corrected chi connectivity index (χ0v) is 19.8. The lowest BCUT2D eigenvalue weighted by atomic mass is 10.1. The van der Waals surface area contributed by atoms with Crippen LogP contribution < -0.4 is 5.32 Å². The summed E-state index contributed by atoms with van der Waals surface area (Å²) in [6.45, 7) is 10.4. The molecule has 1 amide bonds. The van der Waals surface area contributed by atoms with Crippen LogP contribution in [0.25, 0.3) is 11.3 Å². The number of amides is 1. The van der Waals surface area contributed by atoms with E-state index in [-0.39, 0.29) is 18.1 Å². The number of aryl methyl sites for hydroxylation is 1. The fourth-order valence-corrected chi connectivity index (χ4v) is 4.43. The van der Waals surface area contributed by atoms with Gasteiger partial charge in [0.05, 0.1) is 24.3 Å². The Morgan fingerprint density at radius 1 is 1.06 bits per heavy atom. The van der Waals surface area contributed by atoms with Gasteiger partial charge in [-0.05, 0) is 32.8 Å². The van der Waals surface area contributed by atoms with Gasteiger partial charge >= 0.3 is 0 Å². The van der Waals surface area contributed by atoms with Crippen LogP contribution in [-0.2, 0) is 11.3 Å². The molecule has 4 rings (SSSR count). The molecule has 2 aromatic carbocycles. The summed E-state index contributed by atoms with van der Waals surface area (Å²) in [7, 11) is 0. The Kier molecular flexibility index (Phi) is 7.57. The lowest BCUT2D eigenvalue weighted by Crippen LogP contribution is -2.46. The number of hydrogen-bond donors (Lipinski definition) is 1. The van der Waals surface area contributed by atoms with Gasteiger partial charge in [-0.3, -0.25) is 14.4 Å². The third kappa shape index (κ3) is 6.30. The van der Waals surface area contributed by atoms with Crippen LogP contribution in [0.4, 0.5) is 0 Å². The normalized spacial score (nSPS) is 18.9. The first-order valence-electron chi connectivity index (χ1n) is 11.8. The van der Waals surface area contributed by atoms with Crippen molar-refractivity contribution >= 4 is 5.91 Å². The van der Waals surface area contributed by atoms with Crippen molar-refractivity contribution in [3.8, 4) is 11.3 Å². The van der Waals surface area contributed by atoms with Crippen LogP contribution in [-0.4, -0.2) is 59.0 Å². The average Bonchev–Trinajstić information content (AvgIpc) is 3.21. The topological polar surface area (TPSA) is 59.4 Å². The zero-order chi connectivity index (χ0) is 23.2. The molecule has 0 bridgehead atoms. The van der Waals surface area contributed by atoms with Crippen molar-refractivity contribution in [1.29, 1.82) is 0 Å². The molecule has 2 heterocycles. The van der Waals surface area contributed by atoms with Gasteiger partial charge in [0.1, 0.15) is 5.69 Å². The highest BCUT2D eigenvalue weighted by atomic mass is 16.5. The van der Waals surface area contributed by atoms with E-state index in [1.54, 1.807) is 0 Å². The highest BCUT2D eigenvalue weighted by Crippen LogP contribution is 2.23. The van der Waals surface area contributed by atoms with Gasteiger partial charge in [0.25, 0.3) is 5.91 Å². The molecule has 2 atom stereocenters. The maximum atomic E-state index is 13.1. The molecule has 1 aliphatic heterocycles. The van der Waals surface area contributed by atoms with E-state index >= 15 is 0 Å². The van der Waals surface area contributed by atoms with Crippen molar-refractivity contribution in [2.45, 2.75) is 45.9 Å². The van der Waals surface area contributed by atoms with E-state index < -0.39 is 0 Å². The van der Waals surface area contributed by atoms with Crippen molar-refractivity contribution in [2.24, 2.45) is 0 Å². The van der Waals surface area contributed by atoms with Crippen LogP contribution in [0.5, 0.6) is 0 Å². The first-order valence-corrected chi connectivity index (χ1v) is 11.8. The fraction of sp³-hybridized carbons (Fsp3) is 0.407. The second-order valence-corrected chi connectivity index (χ2v) is 9.07. The Bertz CT molecular complexity index is 1040. The predicted molar refractivity (Wildman–Crippen MR) is 131 cm³/mol. The molecule has 1 N–H and O–H groups in total. The van der Waals surface area contributed by atoms with Crippen LogP contribution in [0, 0.1) is 6.92 Å². The first-order chi connectivity index (χ1) is 16.0. The molecule has 1 fully saturated rings. The van der Waals surface area contributed by atoms with E-state index in [4.69, 9.17) is 9.84 Å². The maximum Gasteiger partial charge on any atom is 0.255 e. The minimum Gasteiger partial charge on any atom is -0.373 e. The summed E-state index contributed by atoms with van der Waals surface area (Å²) in [5.41, 5.74) is 4.62. The predicted octanol–water partition coefficient (Wildman–Crippen LogP) is 4.14. The summed E-state index contributed by atoms with van der Waals surface area (Å²) in [4.78, 5) is 15.5. The molecular formula is C27H34N4O2. The zero-order valence-electron chi connectivity index (χ0n) is 19.8. The number of rotatable bonds is 8. The van der Waals surface area contributed by atoms with Crippen LogP contribution in [0.1, 0.15) is 41.8 Å². The number of nitrogens with one attached hydrogen (secondary N) is 1. The third-order valence-corrected chi connectivity index (χ3v) is 5.95. The highest BCUT2D eigenvalue weighted by molar-refractivity contribution is 5.99. The second-order valence-electron chi connectivity index (χ2n) is 9.07. The molecule has 6 heteroatoms. The highest BCUT2D eigenvalue weighted by Gasteiger charge is 2.22. The van der Waals surface area contributed by atoms with Gasteiger partial charge < -0.3 is 10.1 Å². The van der Waals surface area contributed by atoms with E-state index in [2.05, 4.69) is 55.3 Å². The summed E-state index contributed by atoms with van der Waals surface area (Å²) in [5.74, 6) is -0.0754. The van der Waals surface area contributed by atoms with Crippen molar-refractivity contribution in [1.82, 2.24) is 20.0 Å². The summed E-state index contributed by atoms with van der Waals surface area (Å²) in [5, 5.41) is 7.89. The smallest absolute Gasteiger partial charge is 0.255 e. The second kappa shape index (κ2) is 10.8. The van der Waals surface area contributed by atoms with E-state index in [9.17, 15) is 4.79 Å². The molecule has 1 aliphatic rings. The molecule has 1 saturated heterocycles. The number of morpholine rings is 1. The molecule has 0 radical (unpaired) electrons. The van der Waals surface area contributed by atoms with Gasteiger partial charge in [-0.15, -0.1) is 0 Å². The van der Waals surface area contributed by atoms with Crippen molar-refractivity contribution < 1.29 is 9.53 Å². The van der Waals surface area contributed by atoms with E-state index in [0.29, 0.717) is 18.7 Å². The van der Waals surface area contributed by atoms with Gasteiger partial charge in [0, 0.05) is 37.9 Å². The van der Waals surface area contributed by atoms with Crippen LogP contribution in [0.3, 0.4) is 0 Å². The quantitative estimate of drug-likeness (QED) is 0.529. The lowest BCUT2D eigenvalue weighted by Gasteiger charge is -2.35. The number of nitrogens with zero attached hydrogens (tertiary/aromatic N) is 3. The number of carbonyl (C=O) groups excluding carboxylic acids is 1. The summed E-state index contributed by atoms with van der Waals surface area (Å²) in [6.07, 6.45) is 3.29. The Morgan fingerprint density at radius 3 is 2.45 bits per heavy atom. The van der Waals surface area contributed by atoms with Crippen LogP contribution >= 0.6 is 0 Å². The number of hydrogen-bond acceptors (Lipinski definition) is 4. The molecule has 0 spiro atoms. The molecular weight excluding hydrogens is 412 g/mol. The Hall–Kier alpha value is -2.96. The monoisotopic (exact) mass is 446 g/mol. The van der Waals surface area contributed by atoms with Crippen molar-refractivity contribution in [3.05, 3.63) is 77.5 Å². The van der Waals surface area contributed by atoms with Gasteiger partial charge in [0.15, 0.2) is 0 Å². The SMILES string of the molecule is Cc1ccc(-c2nn(Cc3ccccc3)cc2C(=O)NCCCN2CC(C)OC(C)C2)cc1. The summed E-state index contributed by atoms with van der Waals surface area (Å²) < 4.78 is 7.66. The van der Waals surface area contributed by atoms with Crippen LogP contribution in [0.2, 0.25) is 0 Å². The molecule has 6 nitrogen and oxygen atoms in total. The summed E-state index contributed by atoms with van der Waals surface area (Å²) >= 11 is 0. The number of benzene rings is 2. The molecule has 174 valence electrons. The summed E-state index contributed by atoms with van der Waals surface area (Å²) in [6, 6.07) is 18.3. The lowest BCUT2D eigenvalue weighted by molar-refractivity contribution is -0.0679. The number of carbonyl (C=O) groups is 1. The Morgan fingerprint density at radius 2 is 1.76 bits per heavy atom.